The largest absolute Gasteiger partial charge is 1.00 e. The van der Waals surface area contributed by atoms with Gasteiger partial charge >= 0.3 is 0 Å². The molecule has 2 aliphatic heterocycles. The average molecular weight is 476 g/mol. The first-order valence-electron chi connectivity index (χ1n) is 11.3. The molecule has 5 heteroatoms. The first-order chi connectivity index (χ1) is 16.2. The van der Waals surface area contributed by atoms with E-state index in [0.29, 0.717) is 13.1 Å². The van der Waals surface area contributed by atoms with Crippen LogP contribution in [0.1, 0.15) is 39.4 Å². The lowest BCUT2D eigenvalue weighted by atomic mass is 9.97. The molecule has 0 saturated carbocycles. The van der Waals surface area contributed by atoms with Gasteiger partial charge in [-0.3, -0.25) is 4.90 Å². The Hall–Kier alpha value is -3.05. The van der Waals surface area contributed by atoms with Crippen molar-refractivity contribution in [1.29, 1.82) is 0 Å². The molecule has 0 fully saturated rings. The van der Waals surface area contributed by atoms with E-state index in [1.807, 2.05) is 24.3 Å². The zero-order chi connectivity index (χ0) is 22.6. The normalized spacial score (nSPS) is 14.1. The van der Waals surface area contributed by atoms with Crippen molar-refractivity contribution in [2.45, 2.75) is 32.2 Å². The van der Waals surface area contributed by atoms with Gasteiger partial charge in [-0.1, -0.05) is 84.9 Å². The van der Waals surface area contributed by atoms with Gasteiger partial charge in [0.2, 0.25) is 0 Å². The summed E-state index contributed by atoms with van der Waals surface area (Å²) in [5.74, 6) is -0.174. The molecule has 2 nitrogen and oxygen atoms in total. The third kappa shape index (κ3) is 5.05. The first kappa shape index (κ1) is 24.1. The molecule has 0 spiro atoms. The molecule has 6 rings (SSSR count). The molecule has 4 aromatic carbocycles. The Morgan fingerprint density at radius 3 is 1.71 bits per heavy atom. The Kier molecular flexibility index (Phi) is 7.73. The van der Waals surface area contributed by atoms with Gasteiger partial charge < -0.3 is 17.7 Å². The van der Waals surface area contributed by atoms with E-state index < -0.39 is 0 Å². The molecule has 2 heterocycles. The van der Waals surface area contributed by atoms with Gasteiger partial charge in [-0.15, -0.1) is 0 Å². The number of nitrogens with zero attached hydrogens (tertiary/aromatic N) is 1. The van der Waals surface area contributed by atoms with Gasteiger partial charge in [-0.05, 0) is 34.4 Å². The summed E-state index contributed by atoms with van der Waals surface area (Å²) < 4.78 is 27.0. The standard InChI is InChI=1S/C21H18FN.C8H8FN.ClH/c22-20-13-7-12-18-14-23(15-19(18)20)21(16-8-3-1-4-9-16)17-10-5-2-6-11-17;9-8-3-1-2-6-4-10-5-7(6)8;/h1-13,21H,14-15H2;1-3,10H,4-5H2;1H/p-1. The maximum absolute atomic E-state index is 14.1. The van der Waals surface area contributed by atoms with Crippen molar-refractivity contribution in [2.24, 2.45) is 0 Å². The van der Waals surface area contributed by atoms with Crippen LogP contribution in [-0.4, -0.2) is 4.90 Å². The van der Waals surface area contributed by atoms with Crippen molar-refractivity contribution in [1.82, 2.24) is 10.2 Å². The Morgan fingerprint density at radius 1 is 0.588 bits per heavy atom. The average Bonchev–Trinajstić information content (AvgIpc) is 3.50. The van der Waals surface area contributed by atoms with Crippen LogP contribution in [-0.2, 0) is 26.2 Å². The molecule has 0 unspecified atom stereocenters. The van der Waals surface area contributed by atoms with Gasteiger partial charge in [0.05, 0.1) is 6.04 Å². The van der Waals surface area contributed by atoms with Crippen LogP contribution >= 0.6 is 0 Å². The molecule has 34 heavy (non-hydrogen) atoms. The van der Waals surface area contributed by atoms with Gasteiger partial charge in [-0.2, -0.15) is 0 Å². The van der Waals surface area contributed by atoms with E-state index in [1.165, 1.54) is 17.2 Å². The minimum Gasteiger partial charge on any atom is -1.00 e. The number of hydrogen-bond acceptors (Lipinski definition) is 2. The molecule has 0 saturated heterocycles. The predicted octanol–water partition coefficient (Wildman–Crippen LogP) is 3.36. The number of nitrogens with one attached hydrogen (secondary N) is 1. The lowest BCUT2D eigenvalue weighted by molar-refractivity contribution is -0.00000773. The minimum atomic E-state index is -0.0927. The van der Waals surface area contributed by atoms with Crippen LogP contribution in [0.2, 0.25) is 0 Å². The Labute approximate surface area is 205 Å². The molecule has 4 aromatic rings. The van der Waals surface area contributed by atoms with E-state index in [4.69, 9.17) is 0 Å². The molecule has 0 radical (unpaired) electrons. The zero-order valence-electron chi connectivity index (χ0n) is 18.7. The maximum Gasteiger partial charge on any atom is 0.128 e. The number of hydrogen-bond donors (Lipinski definition) is 1. The second-order valence-corrected chi connectivity index (χ2v) is 8.49. The van der Waals surface area contributed by atoms with Gasteiger partial charge in [0.15, 0.2) is 0 Å². The summed E-state index contributed by atoms with van der Waals surface area (Å²) in [4.78, 5) is 2.35. The summed E-state index contributed by atoms with van der Waals surface area (Å²) in [5, 5.41) is 3.09. The quantitative estimate of drug-likeness (QED) is 0.489. The third-order valence-electron chi connectivity index (χ3n) is 6.38. The topological polar surface area (TPSA) is 15.3 Å². The number of halogens is 3. The van der Waals surface area contributed by atoms with Crippen LogP contribution in [0.25, 0.3) is 0 Å². The highest BCUT2D eigenvalue weighted by molar-refractivity contribution is 5.37. The van der Waals surface area contributed by atoms with Crippen LogP contribution in [0.4, 0.5) is 8.78 Å². The highest BCUT2D eigenvalue weighted by atomic mass is 35.5. The van der Waals surface area contributed by atoms with Crippen LogP contribution in [0.5, 0.6) is 0 Å². The van der Waals surface area contributed by atoms with Crippen molar-refractivity contribution in [3.63, 3.8) is 0 Å². The highest BCUT2D eigenvalue weighted by Gasteiger charge is 2.29. The van der Waals surface area contributed by atoms with Crippen molar-refractivity contribution in [2.75, 3.05) is 0 Å². The fraction of sp³-hybridized carbons (Fsp3) is 0.172. The fourth-order valence-electron chi connectivity index (χ4n) is 4.76. The van der Waals surface area contributed by atoms with Gasteiger partial charge in [0.1, 0.15) is 11.6 Å². The second-order valence-electron chi connectivity index (χ2n) is 8.49. The smallest absolute Gasteiger partial charge is 0.128 e. The van der Waals surface area contributed by atoms with E-state index in [-0.39, 0.29) is 30.1 Å². The molecule has 1 N–H and O–H groups in total. The van der Waals surface area contributed by atoms with Crippen molar-refractivity contribution < 1.29 is 21.2 Å². The summed E-state index contributed by atoms with van der Waals surface area (Å²) in [6.45, 7) is 2.92. The molecular weight excluding hydrogens is 450 g/mol. The SMILES string of the molecule is Fc1cccc2c1CN(C(c1ccccc1)c1ccccc1)C2.Fc1cccc2c1CNC2.[Cl-]. The fourth-order valence-corrected chi connectivity index (χ4v) is 4.76. The predicted molar refractivity (Wildman–Crippen MR) is 127 cm³/mol. The Bertz CT molecular complexity index is 1190. The van der Waals surface area contributed by atoms with Gasteiger partial charge in [0, 0.05) is 37.3 Å². The van der Waals surface area contributed by atoms with E-state index in [0.717, 1.165) is 35.3 Å². The number of fused-ring (bicyclic) bond motifs is 2. The van der Waals surface area contributed by atoms with E-state index >= 15 is 0 Å². The molecule has 0 aliphatic carbocycles. The van der Waals surface area contributed by atoms with Crippen LogP contribution in [0.3, 0.4) is 0 Å². The van der Waals surface area contributed by atoms with E-state index in [1.54, 1.807) is 18.2 Å². The summed E-state index contributed by atoms with van der Waals surface area (Å²) >= 11 is 0. The lowest BCUT2D eigenvalue weighted by Gasteiger charge is -2.28. The van der Waals surface area contributed by atoms with Crippen LogP contribution < -0.4 is 17.7 Å². The van der Waals surface area contributed by atoms with E-state index in [9.17, 15) is 8.78 Å². The second kappa shape index (κ2) is 10.9. The van der Waals surface area contributed by atoms with E-state index in [2.05, 4.69) is 58.7 Å². The zero-order valence-corrected chi connectivity index (χ0v) is 19.5. The lowest BCUT2D eigenvalue weighted by Crippen LogP contribution is -3.00. The Morgan fingerprint density at radius 2 is 1.15 bits per heavy atom. The van der Waals surface area contributed by atoms with Gasteiger partial charge in [0.25, 0.3) is 0 Å². The van der Waals surface area contributed by atoms with Crippen molar-refractivity contribution in [3.05, 3.63) is 142 Å². The number of rotatable bonds is 3. The molecule has 0 amide bonds. The number of benzene rings is 4. The summed E-state index contributed by atoms with van der Waals surface area (Å²) in [6.07, 6.45) is 0. The maximum atomic E-state index is 14.1. The Balaban J connectivity index is 0.000000209. The summed E-state index contributed by atoms with van der Waals surface area (Å²) in [6, 6.07) is 31.7. The first-order valence-corrected chi connectivity index (χ1v) is 11.3. The van der Waals surface area contributed by atoms with Crippen LogP contribution in [0.15, 0.2) is 97.1 Å². The molecule has 0 atom stereocenters. The molecular formula is C29H26ClF2N2-. The summed E-state index contributed by atoms with van der Waals surface area (Å²) in [7, 11) is 0. The summed E-state index contributed by atoms with van der Waals surface area (Å²) in [5.41, 5.74) is 6.35. The molecule has 2 aliphatic rings. The molecule has 174 valence electrons. The monoisotopic (exact) mass is 475 g/mol. The van der Waals surface area contributed by atoms with Crippen molar-refractivity contribution >= 4 is 0 Å². The van der Waals surface area contributed by atoms with Gasteiger partial charge in [-0.25, -0.2) is 8.78 Å². The molecule has 0 bridgehead atoms. The van der Waals surface area contributed by atoms with Crippen molar-refractivity contribution in [3.8, 4) is 0 Å². The third-order valence-corrected chi connectivity index (χ3v) is 6.38. The molecule has 0 aromatic heterocycles. The highest BCUT2D eigenvalue weighted by Crippen LogP contribution is 2.36. The van der Waals surface area contributed by atoms with Crippen LogP contribution in [0, 0.1) is 11.6 Å². The minimum absolute atomic E-state index is 0.